The Morgan fingerprint density at radius 3 is 2.33 bits per heavy atom. The highest BCUT2D eigenvalue weighted by molar-refractivity contribution is 6.77. The average Bonchev–Trinajstić information content (AvgIpc) is 2.54. The second-order valence-electron chi connectivity index (χ2n) is 6.05. The topological polar surface area (TPSA) is 75.6 Å². The van der Waals surface area contributed by atoms with Crippen molar-refractivity contribution in [3.05, 3.63) is 0 Å². The monoisotopic (exact) mass is 252 g/mol. The third kappa shape index (κ3) is 1.74. The SMILES string of the molecule is O=C(O)C[C@@H]1N[B-]2(OC1=O)C1CCCC2CCC1. The van der Waals surface area contributed by atoms with Gasteiger partial charge in [0.05, 0.1) is 12.5 Å². The molecule has 3 rings (SSSR count). The summed E-state index contributed by atoms with van der Waals surface area (Å²) < 4.78 is 5.72. The van der Waals surface area contributed by atoms with E-state index < -0.39 is 18.5 Å². The van der Waals surface area contributed by atoms with Crippen LogP contribution < -0.4 is 5.23 Å². The van der Waals surface area contributed by atoms with Gasteiger partial charge in [0.1, 0.15) is 0 Å². The fourth-order valence-electron chi connectivity index (χ4n) is 4.42. The number of hydrogen-bond acceptors (Lipinski definition) is 4. The Balaban J connectivity index is 1.83. The molecule has 3 heterocycles. The molecule has 0 aromatic carbocycles. The molecule has 3 aliphatic heterocycles. The van der Waals surface area contributed by atoms with Crippen molar-refractivity contribution >= 4 is 18.4 Å². The fourth-order valence-corrected chi connectivity index (χ4v) is 4.42. The molecule has 100 valence electrons. The van der Waals surface area contributed by atoms with Crippen LogP contribution in [0.25, 0.3) is 0 Å². The maximum Gasteiger partial charge on any atom is 0.305 e. The van der Waals surface area contributed by atoms with Crippen LogP contribution in [-0.2, 0) is 14.2 Å². The Morgan fingerprint density at radius 2 is 1.83 bits per heavy atom. The molecule has 0 aromatic heterocycles. The quantitative estimate of drug-likeness (QED) is 0.729. The molecule has 6 heteroatoms. The summed E-state index contributed by atoms with van der Waals surface area (Å²) in [6.07, 6.45) is 6.69. The molecule has 0 saturated carbocycles. The first-order valence-corrected chi connectivity index (χ1v) is 7.00. The summed E-state index contributed by atoms with van der Waals surface area (Å²) in [5.74, 6) is -0.435. The lowest BCUT2D eigenvalue weighted by Gasteiger charge is -2.55. The van der Waals surface area contributed by atoms with Crippen molar-refractivity contribution in [1.29, 1.82) is 0 Å². The molecule has 3 aliphatic rings. The van der Waals surface area contributed by atoms with E-state index in [0.717, 1.165) is 25.7 Å². The van der Waals surface area contributed by atoms with E-state index in [1.54, 1.807) is 0 Å². The van der Waals surface area contributed by atoms with Crippen LogP contribution in [0.2, 0.25) is 11.6 Å². The molecule has 0 amide bonds. The Morgan fingerprint density at radius 1 is 1.28 bits per heavy atom. The Bertz CT molecular complexity index is 364. The van der Waals surface area contributed by atoms with E-state index in [2.05, 4.69) is 5.23 Å². The van der Waals surface area contributed by atoms with Gasteiger partial charge in [0.15, 0.2) is 0 Å². The van der Waals surface area contributed by atoms with Crippen LogP contribution in [0.5, 0.6) is 0 Å². The summed E-state index contributed by atoms with van der Waals surface area (Å²) in [4.78, 5) is 22.7. The maximum absolute atomic E-state index is 11.9. The zero-order valence-corrected chi connectivity index (χ0v) is 10.4. The highest BCUT2D eigenvalue weighted by Crippen LogP contribution is 2.53. The van der Waals surface area contributed by atoms with E-state index in [-0.39, 0.29) is 12.4 Å². The predicted octanol–water partition coefficient (Wildman–Crippen LogP) is 1.53. The third-order valence-electron chi connectivity index (χ3n) is 5.14. The van der Waals surface area contributed by atoms with Crippen molar-refractivity contribution in [1.82, 2.24) is 5.23 Å². The minimum Gasteiger partial charge on any atom is -0.673 e. The van der Waals surface area contributed by atoms with Crippen LogP contribution in [0, 0.1) is 0 Å². The summed E-state index contributed by atoms with van der Waals surface area (Å²) in [5.41, 5.74) is 0. The largest absolute Gasteiger partial charge is 0.673 e. The van der Waals surface area contributed by atoms with Gasteiger partial charge in [0.2, 0.25) is 6.48 Å². The summed E-state index contributed by atoms with van der Waals surface area (Å²) in [6.45, 7) is -1.30. The molecule has 0 aromatic rings. The van der Waals surface area contributed by atoms with Crippen molar-refractivity contribution in [2.45, 2.75) is 62.6 Å². The third-order valence-corrected chi connectivity index (χ3v) is 5.14. The van der Waals surface area contributed by atoms with Gasteiger partial charge in [0, 0.05) is 0 Å². The maximum atomic E-state index is 11.9. The van der Waals surface area contributed by atoms with Crippen LogP contribution in [0.3, 0.4) is 0 Å². The molecule has 2 bridgehead atoms. The molecular formula is C12H19BNO4-. The van der Waals surface area contributed by atoms with Crippen molar-refractivity contribution in [3.63, 3.8) is 0 Å². The van der Waals surface area contributed by atoms with Crippen molar-refractivity contribution < 1.29 is 19.3 Å². The van der Waals surface area contributed by atoms with Gasteiger partial charge < -0.3 is 15.0 Å². The lowest BCUT2D eigenvalue weighted by molar-refractivity contribution is -0.142. The molecule has 1 atom stereocenters. The zero-order chi connectivity index (χ0) is 12.8. The predicted molar refractivity (Wildman–Crippen MR) is 66.2 cm³/mol. The highest BCUT2D eigenvalue weighted by Gasteiger charge is 2.53. The number of hydrogen-bond donors (Lipinski definition) is 2. The Kier molecular flexibility index (Phi) is 2.85. The molecular weight excluding hydrogens is 233 g/mol. The number of aliphatic carboxylic acids is 1. The lowest BCUT2D eigenvalue weighted by Crippen LogP contribution is -2.60. The van der Waals surface area contributed by atoms with Gasteiger partial charge in [-0.3, -0.25) is 9.59 Å². The molecule has 0 aliphatic carbocycles. The van der Waals surface area contributed by atoms with Gasteiger partial charge in [-0.15, -0.1) is 11.6 Å². The normalized spacial score (nSPS) is 42.9. The van der Waals surface area contributed by atoms with E-state index >= 15 is 0 Å². The van der Waals surface area contributed by atoms with Gasteiger partial charge in [0.25, 0.3) is 5.97 Å². The van der Waals surface area contributed by atoms with Crippen LogP contribution in [-0.4, -0.2) is 29.6 Å². The number of nitrogens with one attached hydrogen (secondary N) is 1. The van der Waals surface area contributed by atoms with Crippen LogP contribution >= 0.6 is 0 Å². The standard InChI is InChI=1S/C12H19BNO4/c15-11(16)7-10-12(17)18-13(14-10)8-3-1-4-9(13)6-2-5-8/h8-10,14H,1-7H2,(H,15,16)/q-1/t8?,9?,10-,13?/m0/s1. The van der Waals surface area contributed by atoms with Crippen LogP contribution in [0.15, 0.2) is 0 Å². The van der Waals surface area contributed by atoms with Crippen LogP contribution in [0.4, 0.5) is 0 Å². The first-order valence-electron chi connectivity index (χ1n) is 7.00. The number of carbonyl (C=O) groups is 2. The summed E-state index contributed by atoms with van der Waals surface area (Å²) in [7, 11) is 0. The molecule has 0 unspecified atom stereocenters. The minimum absolute atomic E-state index is 0.165. The smallest absolute Gasteiger partial charge is 0.305 e. The van der Waals surface area contributed by atoms with Gasteiger partial charge in [-0.2, -0.15) is 0 Å². The molecule has 2 N–H and O–H groups in total. The highest BCUT2D eigenvalue weighted by atomic mass is 16.5. The number of rotatable bonds is 2. The van der Waals surface area contributed by atoms with E-state index in [9.17, 15) is 9.59 Å². The molecule has 3 fully saturated rings. The fraction of sp³-hybridized carbons (Fsp3) is 0.833. The summed E-state index contributed by atoms with van der Waals surface area (Å²) in [5, 5.41) is 12.1. The van der Waals surface area contributed by atoms with E-state index in [1.807, 2.05) is 0 Å². The summed E-state index contributed by atoms with van der Waals surface area (Å²) in [6, 6.07) is -0.635. The van der Waals surface area contributed by atoms with E-state index in [0.29, 0.717) is 11.6 Å². The number of carboxylic acid groups (broad SMARTS) is 1. The minimum atomic E-state index is -1.30. The van der Waals surface area contributed by atoms with Gasteiger partial charge in [-0.1, -0.05) is 38.5 Å². The number of carboxylic acids is 1. The zero-order valence-electron chi connectivity index (χ0n) is 10.4. The average molecular weight is 252 g/mol. The van der Waals surface area contributed by atoms with Gasteiger partial charge in [-0.05, 0) is 0 Å². The van der Waals surface area contributed by atoms with Gasteiger partial charge >= 0.3 is 5.97 Å². The van der Waals surface area contributed by atoms with Crippen molar-refractivity contribution in [3.8, 4) is 0 Å². The first kappa shape index (κ1) is 12.0. The Labute approximate surface area is 106 Å². The summed E-state index contributed by atoms with van der Waals surface area (Å²) >= 11 is 0. The molecule has 0 radical (unpaired) electrons. The van der Waals surface area contributed by atoms with E-state index in [4.69, 9.17) is 9.76 Å². The second kappa shape index (κ2) is 4.26. The second-order valence-corrected chi connectivity index (χ2v) is 6.05. The van der Waals surface area contributed by atoms with Crippen LogP contribution in [0.1, 0.15) is 44.9 Å². The number of carbonyl (C=O) groups excluding carboxylic acids is 1. The van der Waals surface area contributed by atoms with E-state index in [1.165, 1.54) is 12.8 Å². The lowest BCUT2D eigenvalue weighted by atomic mass is 9.28. The molecule has 18 heavy (non-hydrogen) atoms. The Hall–Kier alpha value is -1.04. The van der Waals surface area contributed by atoms with Crippen molar-refractivity contribution in [2.24, 2.45) is 0 Å². The molecule has 1 spiro atoms. The first-order chi connectivity index (χ1) is 8.62. The molecule has 5 nitrogen and oxygen atoms in total. The molecule has 3 saturated heterocycles. The van der Waals surface area contributed by atoms with Crippen molar-refractivity contribution in [2.75, 3.05) is 0 Å². The van der Waals surface area contributed by atoms with Gasteiger partial charge in [-0.25, -0.2) is 0 Å².